The lowest BCUT2D eigenvalue weighted by molar-refractivity contribution is 0.0696. The smallest absolute Gasteiger partial charge is 0.335 e. The number of carboxylic acid groups (broad SMARTS) is 1. The van der Waals surface area contributed by atoms with Crippen LogP contribution in [0.15, 0.2) is 18.2 Å². The second kappa shape index (κ2) is 5.29. The van der Waals surface area contributed by atoms with Gasteiger partial charge >= 0.3 is 5.97 Å². The van der Waals surface area contributed by atoms with Gasteiger partial charge in [0.1, 0.15) is 0 Å². The summed E-state index contributed by atoms with van der Waals surface area (Å²) >= 11 is 0. The van der Waals surface area contributed by atoms with Crippen LogP contribution in [0.25, 0.3) is 0 Å². The Kier molecular flexibility index (Phi) is 3.76. The molecule has 0 bridgehead atoms. The molecule has 17 heavy (non-hydrogen) atoms. The third-order valence-corrected chi connectivity index (χ3v) is 3.15. The Bertz CT molecular complexity index is 412. The second-order valence-electron chi connectivity index (χ2n) is 4.48. The maximum atomic E-state index is 11.0. The van der Waals surface area contributed by atoms with Crippen molar-refractivity contribution in [2.24, 2.45) is 0 Å². The third kappa shape index (κ3) is 3.05. The number of nitrogens with one attached hydrogen (secondary N) is 1. The molecule has 2 N–H and O–H groups in total. The average Bonchev–Trinajstić information content (AvgIpc) is 2.32. The summed E-state index contributed by atoms with van der Waals surface area (Å²) < 4.78 is 0. The van der Waals surface area contributed by atoms with Crippen molar-refractivity contribution in [2.75, 3.05) is 26.2 Å². The van der Waals surface area contributed by atoms with Gasteiger partial charge in [-0.25, -0.2) is 4.79 Å². The van der Waals surface area contributed by atoms with Crippen molar-refractivity contribution in [3.8, 4) is 0 Å². The Morgan fingerprint density at radius 3 is 2.76 bits per heavy atom. The Labute approximate surface area is 101 Å². The zero-order valence-corrected chi connectivity index (χ0v) is 10.1. The lowest BCUT2D eigenvalue weighted by Crippen LogP contribution is -2.42. The molecule has 0 atom stereocenters. The number of nitrogens with zero attached hydrogens (tertiary/aromatic N) is 1. The quantitative estimate of drug-likeness (QED) is 0.822. The number of hydrogen-bond donors (Lipinski definition) is 2. The van der Waals surface area contributed by atoms with Crippen molar-refractivity contribution in [3.05, 3.63) is 34.9 Å². The van der Waals surface area contributed by atoms with Gasteiger partial charge in [-0.3, -0.25) is 4.90 Å². The van der Waals surface area contributed by atoms with Crippen molar-refractivity contribution >= 4 is 5.97 Å². The minimum atomic E-state index is -0.843. The molecule has 4 heteroatoms. The summed E-state index contributed by atoms with van der Waals surface area (Å²) in [7, 11) is 0. The molecule has 0 spiro atoms. The lowest BCUT2D eigenvalue weighted by Gasteiger charge is -2.27. The van der Waals surface area contributed by atoms with Gasteiger partial charge in [-0.05, 0) is 24.1 Å². The highest BCUT2D eigenvalue weighted by Gasteiger charge is 2.12. The maximum Gasteiger partial charge on any atom is 0.335 e. The van der Waals surface area contributed by atoms with Crippen LogP contribution in [0, 0.1) is 6.92 Å². The number of rotatable bonds is 3. The Morgan fingerprint density at radius 2 is 2.12 bits per heavy atom. The van der Waals surface area contributed by atoms with Crippen LogP contribution in [-0.4, -0.2) is 42.2 Å². The van der Waals surface area contributed by atoms with Gasteiger partial charge in [0.15, 0.2) is 0 Å². The van der Waals surface area contributed by atoms with Gasteiger partial charge in [0, 0.05) is 32.7 Å². The molecule has 2 rings (SSSR count). The number of hydrogen-bond acceptors (Lipinski definition) is 3. The maximum absolute atomic E-state index is 11.0. The SMILES string of the molecule is Cc1ccc(CN2CCNCC2)cc1C(=O)O. The summed E-state index contributed by atoms with van der Waals surface area (Å²) in [6, 6.07) is 5.70. The molecule has 0 amide bonds. The van der Waals surface area contributed by atoms with E-state index in [0.717, 1.165) is 43.9 Å². The molecule has 1 heterocycles. The molecule has 0 saturated carbocycles. The molecule has 1 aromatic carbocycles. The number of carbonyl (C=O) groups is 1. The highest BCUT2D eigenvalue weighted by Crippen LogP contribution is 2.13. The third-order valence-electron chi connectivity index (χ3n) is 3.15. The second-order valence-corrected chi connectivity index (χ2v) is 4.48. The van der Waals surface area contributed by atoms with Gasteiger partial charge in [0.05, 0.1) is 5.56 Å². The van der Waals surface area contributed by atoms with Crippen molar-refractivity contribution < 1.29 is 9.90 Å². The van der Waals surface area contributed by atoms with Crippen molar-refractivity contribution in [1.29, 1.82) is 0 Å². The predicted molar refractivity (Wildman–Crippen MR) is 66.3 cm³/mol. The fraction of sp³-hybridized carbons (Fsp3) is 0.462. The first kappa shape index (κ1) is 12.1. The molecule has 4 nitrogen and oxygen atoms in total. The minimum Gasteiger partial charge on any atom is -0.478 e. The van der Waals surface area contributed by atoms with E-state index in [4.69, 9.17) is 5.11 Å². The standard InChI is InChI=1S/C13H18N2O2/c1-10-2-3-11(8-12(10)13(16)17)9-15-6-4-14-5-7-15/h2-3,8,14H,4-7,9H2,1H3,(H,16,17). The monoisotopic (exact) mass is 234 g/mol. The van der Waals surface area contributed by atoms with E-state index in [0.29, 0.717) is 5.56 Å². The molecular weight excluding hydrogens is 216 g/mol. The van der Waals surface area contributed by atoms with Gasteiger partial charge < -0.3 is 10.4 Å². The minimum absolute atomic E-state index is 0.414. The van der Waals surface area contributed by atoms with Crippen LogP contribution in [0.3, 0.4) is 0 Å². The summed E-state index contributed by atoms with van der Waals surface area (Å²) in [5.74, 6) is -0.843. The molecule has 0 aromatic heterocycles. The molecule has 1 aromatic rings. The van der Waals surface area contributed by atoms with Crippen LogP contribution in [-0.2, 0) is 6.54 Å². The van der Waals surface area contributed by atoms with Crippen LogP contribution < -0.4 is 5.32 Å². The summed E-state index contributed by atoms with van der Waals surface area (Å²) in [5, 5.41) is 12.4. The zero-order chi connectivity index (χ0) is 12.3. The van der Waals surface area contributed by atoms with Gasteiger partial charge in [-0.15, -0.1) is 0 Å². The number of aryl methyl sites for hydroxylation is 1. The highest BCUT2D eigenvalue weighted by molar-refractivity contribution is 5.89. The van der Waals surface area contributed by atoms with E-state index >= 15 is 0 Å². The Balaban J connectivity index is 2.10. The summed E-state index contributed by atoms with van der Waals surface area (Å²) in [6.45, 7) is 6.74. The summed E-state index contributed by atoms with van der Waals surface area (Å²) in [5.41, 5.74) is 2.31. The first-order valence-electron chi connectivity index (χ1n) is 5.93. The Morgan fingerprint density at radius 1 is 1.41 bits per heavy atom. The van der Waals surface area contributed by atoms with Crippen LogP contribution in [0.1, 0.15) is 21.5 Å². The average molecular weight is 234 g/mol. The number of piperazine rings is 1. The van der Waals surface area contributed by atoms with E-state index in [1.54, 1.807) is 6.07 Å². The molecule has 0 unspecified atom stereocenters. The van der Waals surface area contributed by atoms with Crippen LogP contribution >= 0.6 is 0 Å². The van der Waals surface area contributed by atoms with E-state index < -0.39 is 5.97 Å². The van der Waals surface area contributed by atoms with Gasteiger partial charge in [-0.1, -0.05) is 12.1 Å². The van der Waals surface area contributed by atoms with Crippen molar-refractivity contribution in [1.82, 2.24) is 10.2 Å². The molecule has 0 radical (unpaired) electrons. The van der Waals surface area contributed by atoms with E-state index in [1.165, 1.54) is 0 Å². The zero-order valence-electron chi connectivity index (χ0n) is 10.1. The molecule has 1 saturated heterocycles. The van der Waals surface area contributed by atoms with Gasteiger partial charge in [-0.2, -0.15) is 0 Å². The topological polar surface area (TPSA) is 52.6 Å². The van der Waals surface area contributed by atoms with Crippen LogP contribution in [0.5, 0.6) is 0 Å². The fourth-order valence-corrected chi connectivity index (χ4v) is 2.13. The molecular formula is C13H18N2O2. The van der Waals surface area contributed by atoms with Gasteiger partial charge in [0.25, 0.3) is 0 Å². The van der Waals surface area contributed by atoms with Crippen LogP contribution in [0.2, 0.25) is 0 Å². The predicted octanol–water partition coefficient (Wildman–Crippen LogP) is 1.10. The van der Waals surface area contributed by atoms with E-state index in [9.17, 15) is 4.79 Å². The van der Waals surface area contributed by atoms with Crippen molar-refractivity contribution in [2.45, 2.75) is 13.5 Å². The van der Waals surface area contributed by atoms with E-state index in [1.807, 2.05) is 19.1 Å². The largest absolute Gasteiger partial charge is 0.478 e. The number of benzene rings is 1. The molecule has 0 aliphatic carbocycles. The fourth-order valence-electron chi connectivity index (χ4n) is 2.13. The van der Waals surface area contributed by atoms with E-state index in [-0.39, 0.29) is 0 Å². The Hall–Kier alpha value is -1.39. The highest BCUT2D eigenvalue weighted by atomic mass is 16.4. The van der Waals surface area contributed by atoms with Crippen LogP contribution in [0.4, 0.5) is 0 Å². The normalized spacial score (nSPS) is 17.0. The lowest BCUT2D eigenvalue weighted by atomic mass is 10.0. The molecule has 92 valence electrons. The molecule has 1 aliphatic heterocycles. The first-order valence-corrected chi connectivity index (χ1v) is 5.93. The summed E-state index contributed by atoms with van der Waals surface area (Å²) in [6.07, 6.45) is 0. The molecule has 1 aliphatic rings. The summed E-state index contributed by atoms with van der Waals surface area (Å²) in [4.78, 5) is 13.4. The van der Waals surface area contributed by atoms with Crippen molar-refractivity contribution in [3.63, 3.8) is 0 Å². The van der Waals surface area contributed by atoms with Gasteiger partial charge in [0.2, 0.25) is 0 Å². The first-order chi connectivity index (χ1) is 8.16. The van der Waals surface area contributed by atoms with E-state index in [2.05, 4.69) is 10.2 Å². The number of aromatic carboxylic acids is 1. The number of carboxylic acids is 1. The molecule has 1 fully saturated rings.